The summed E-state index contributed by atoms with van der Waals surface area (Å²) in [6.45, 7) is 8.60. The van der Waals surface area contributed by atoms with Crippen molar-refractivity contribution in [3.8, 4) is 0 Å². The van der Waals surface area contributed by atoms with Gasteiger partial charge in [-0.3, -0.25) is 0 Å². The Morgan fingerprint density at radius 2 is 2.07 bits per heavy atom. The predicted molar refractivity (Wildman–Crippen MR) is 66.1 cm³/mol. The highest BCUT2D eigenvalue weighted by Gasteiger charge is 2.04. The number of hydrogen-bond donors (Lipinski definition) is 1. The minimum Gasteiger partial charge on any atom is -0.384 e. The lowest BCUT2D eigenvalue weighted by Crippen LogP contribution is -2.32. The maximum Gasteiger partial charge on any atom is 0.0499 e. The number of thioether (sulfide) groups is 1. The summed E-state index contributed by atoms with van der Waals surface area (Å²) in [5, 5.41) is 3.53. The van der Waals surface area contributed by atoms with Gasteiger partial charge in [0.15, 0.2) is 0 Å². The van der Waals surface area contributed by atoms with E-state index in [1.807, 2.05) is 11.8 Å². The number of ether oxygens (including phenoxy) is 1. The maximum atomic E-state index is 5.09. The molecular formula is C11H25NOS. The van der Waals surface area contributed by atoms with Gasteiger partial charge in [-0.25, -0.2) is 0 Å². The van der Waals surface area contributed by atoms with Crippen LogP contribution in [0, 0.1) is 5.92 Å². The van der Waals surface area contributed by atoms with E-state index < -0.39 is 0 Å². The van der Waals surface area contributed by atoms with Crippen LogP contribution in [0.4, 0.5) is 0 Å². The lowest BCUT2D eigenvalue weighted by atomic mass is 10.2. The zero-order valence-corrected chi connectivity index (χ0v) is 10.8. The minimum atomic E-state index is 0.612. The van der Waals surface area contributed by atoms with Crippen molar-refractivity contribution in [3.63, 3.8) is 0 Å². The second kappa shape index (κ2) is 9.81. The highest BCUT2D eigenvalue weighted by molar-refractivity contribution is 7.99. The van der Waals surface area contributed by atoms with Crippen LogP contribution in [0.3, 0.4) is 0 Å². The molecule has 86 valence electrons. The van der Waals surface area contributed by atoms with Crippen LogP contribution in [0.1, 0.15) is 27.2 Å². The summed E-state index contributed by atoms with van der Waals surface area (Å²) >= 11 is 2.02. The second-order valence-corrected chi connectivity index (χ2v) is 5.25. The Labute approximate surface area is 93.2 Å². The van der Waals surface area contributed by atoms with Crippen molar-refractivity contribution >= 4 is 11.8 Å². The molecule has 0 saturated heterocycles. The van der Waals surface area contributed by atoms with Crippen molar-refractivity contribution in [3.05, 3.63) is 0 Å². The van der Waals surface area contributed by atoms with E-state index in [2.05, 4.69) is 26.1 Å². The molecule has 0 bridgehead atoms. The average molecular weight is 219 g/mol. The van der Waals surface area contributed by atoms with E-state index in [9.17, 15) is 0 Å². The molecule has 0 amide bonds. The molecule has 0 rings (SSSR count). The van der Waals surface area contributed by atoms with Crippen LogP contribution in [0.5, 0.6) is 0 Å². The standard InChI is InChI=1S/C11H25NOS/c1-5-14-7-6-11(3)12-8-10(2)9-13-4/h10-12H,5-9H2,1-4H3. The molecule has 0 fully saturated rings. The van der Waals surface area contributed by atoms with Gasteiger partial charge in [0.2, 0.25) is 0 Å². The van der Waals surface area contributed by atoms with E-state index in [1.165, 1.54) is 17.9 Å². The molecule has 0 aliphatic rings. The van der Waals surface area contributed by atoms with Crippen molar-refractivity contribution in [2.24, 2.45) is 5.92 Å². The largest absolute Gasteiger partial charge is 0.384 e. The fourth-order valence-corrected chi connectivity index (χ4v) is 2.06. The summed E-state index contributed by atoms with van der Waals surface area (Å²) in [5.74, 6) is 3.11. The molecule has 3 heteroatoms. The minimum absolute atomic E-state index is 0.612. The van der Waals surface area contributed by atoms with Crippen molar-refractivity contribution < 1.29 is 4.74 Å². The van der Waals surface area contributed by atoms with Crippen LogP contribution in [0.25, 0.3) is 0 Å². The van der Waals surface area contributed by atoms with Crippen LogP contribution >= 0.6 is 11.8 Å². The fourth-order valence-electron chi connectivity index (χ4n) is 1.25. The number of methoxy groups -OCH3 is 1. The molecule has 0 saturated carbocycles. The number of hydrogen-bond acceptors (Lipinski definition) is 3. The first kappa shape index (κ1) is 14.3. The predicted octanol–water partition coefficient (Wildman–Crippen LogP) is 2.39. The zero-order chi connectivity index (χ0) is 10.8. The molecule has 14 heavy (non-hydrogen) atoms. The van der Waals surface area contributed by atoms with E-state index in [1.54, 1.807) is 7.11 Å². The normalized spacial score (nSPS) is 15.4. The summed E-state index contributed by atoms with van der Waals surface area (Å²) in [7, 11) is 1.76. The molecule has 2 unspecified atom stereocenters. The molecule has 0 spiro atoms. The van der Waals surface area contributed by atoms with Crippen LogP contribution in [0.15, 0.2) is 0 Å². The Kier molecular flexibility index (Phi) is 10.0. The number of nitrogens with one attached hydrogen (secondary N) is 1. The SMILES string of the molecule is CCSCCC(C)NCC(C)COC. The Balaban J connectivity index is 3.29. The van der Waals surface area contributed by atoms with Gasteiger partial charge in [0, 0.05) is 26.3 Å². The molecule has 0 radical (unpaired) electrons. The van der Waals surface area contributed by atoms with Gasteiger partial charge in [-0.05, 0) is 30.8 Å². The van der Waals surface area contributed by atoms with Crippen molar-refractivity contribution in [1.82, 2.24) is 5.32 Å². The van der Waals surface area contributed by atoms with E-state index in [0.717, 1.165) is 13.2 Å². The van der Waals surface area contributed by atoms with Gasteiger partial charge in [0.1, 0.15) is 0 Å². The maximum absolute atomic E-state index is 5.09. The first-order valence-electron chi connectivity index (χ1n) is 5.50. The molecule has 0 aliphatic carbocycles. The molecule has 0 aromatic rings. The topological polar surface area (TPSA) is 21.3 Å². The summed E-state index contributed by atoms with van der Waals surface area (Å²) in [6.07, 6.45) is 1.26. The van der Waals surface area contributed by atoms with E-state index in [0.29, 0.717) is 12.0 Å². The summed E-state index contributed by atoms with van der Waals surface area (Å²) < 4.78 is 5.09. The van der Waals surface area contributed by atoms with E-state index in [4.69, 9.17) is 4.74 Å². The second-order valence-electron chi connectivity index (χ2n) is 3.86. The van der Waals surface area contributed by atoms with Crippen molar-refractivity contribution in [2.75, 3.05) is 31.8 Å². The number of rotatable bonds is 9. The summed E-state index contributed by atoms with van der Waals surface area (Å²) in [4.78, 5) is 0. The lowest BCUT2D eigenvalue weighted by molar-refractivity contribution is 0.157. The Morgan fingerprint density at radius 1 is 1.36 bits per heavy atom. The van der Waals surface area contributed by atoms with E-state index in [-0.39, 0.29) is 0 Å². The molecule has 0 aromatic heterocycles. The quantitative estimate of drug-likeness (QED) is 0.602. The summed E-state index contributed by atoms with van der Waals surface area (Å²) in [5.41, 5.74) is 0. The lowest BCUT2D eigenvalue weighted by Gasteiger charge is -2.16. The van der Waals surface area contributed by atoms with E-state index >= 15 is 0 Å². The van der Waals surface area contributed by atoms with Gasteiger partial charge in [-0.1, -0.05) is 13.8 Å². The van der Waals surface area contributed by atoms with Crippen LogP contribution in [-0.2, 0) is 4.74 Å². The third-order valence-corrected chi connectivity index (χ3v) is 3.10. The molecule has 0 heterocycles. The van der Waals surface area contributed by atoms with Crippen LogP contribution in [0.2, 0.25) is 0 Å². The Morgan fingerprint density at radius 3 is 2.64 bits per heavy atom. The molecule has 2 nitrogen and oxygen atoms in total. The fraction of sp³-hybridized carbons (Fsp3) is 1.00. The van der Waals surface area contributed by atoms with Crippen LogP contribution in [-0.4, -0.2) is 37.8 Å². The third-order valence-electron chi connectivity index (χ3n) is 2.17. The van der Waals surface area contributed by atoms with Gasteiger partial charge in [0.25, 0.3) is 0 Å². The Bertz CT molecular complexity index is 122. The van der Waals surface area contributed by atoms with Gasteiger partial charge in [-0.15, -0.1) is 0 Å². The Hall–Kier alpha value is 0.270. The first-order chi connectivity index (χ1) is 6.70. The van der Waals surface area contributed by atoms with Gasteiger partial charge >= 0.3 is 0 Å². The highest BCUT2D eigenvalue weighted by atomic mass is 32.2. The van der Waals surface area contributed by atoms with Crippen molar-refractivity contribution in [1.29, 1.82) is 0 Å². The molecule has 1 N–H and O–H groups in total. The van der Waals surface area contributed by atoms with Gasteiger partial charge < -0.3 is 10.1 Å². The third kappa shape index (κ3) is 8.85. The van der Waals surface area contributed by atoms with Crippen molar-refractivity contribution in [2.45, 2.75) is 33.2 Å². The molecule has 0 aliphatic heterocycles. The zero-order valence-electron chi connectivity index (χ0n) is 10.0. The van der Waals surface area contributed by atoms with Gasteiger partial charge in [0.05, 0.1) is 0 Å². The molecule has 0 aromatic carbocycles. The smallest absolute Gasteiger partial charge is 0.0499 e. The average Bonchev–Trinajstić information content (AvgIpc) is 2.16. The monoisotopic (exact) mass is 219 g/mol. The molecular weight excluding hydrogens is 194 g/mol. The molecule has 2 atom stereocenters. The summed E-state index contributed by atoms with van der Waals surface area (Å²) in [6, 6.07) is 0.633. The van der Waals surface area contributed by atoms with Crippen LogP contribution < -0.4 is 5.32 Å². The van der Waals surface area contributed by atoms with Gasteiger partial charge in [-0.2, -0.15) is 11.8 Å². The highest BCUT2D eigenvalue weighted by Crippen LogP contribution is 2.04. The first-order valence-corrected chi connectivity index (χ1v) is 6.66.